The zero-order valence-corrected chi connectivity index (χ0v) is 17.5. The number of halogens is 3. The summed E-state index contributed by atoms with van der Waals surface area (Å²) in [5, 5.41) is 6.30. The summed E-state index contributed by atoms with van der Waals surface area (Å²) >= 11 is 0. The van der Waals surface area contributed by atoms with Gasteiger partial charge in [0, 0.05) is 31.8 Å². The summed E-state index contributed by atoms with van der Waals surface area (Å²) in [6.45, 7) is 2.57. The van der Waals surface area contributed by atoms with Crippen molar-refractivity contribution in [2.75, 3.05) is 20.4 Å². The zero-order valence-electron chi connectivity index (χ0n) is 15.2. The topological polar surface area (TPSA) is 64.1 Å². The van der Waals surface area contributed by atoms with Gasteiger partial charge in [-0.15, -0.1) is 24.0 Å². The highest BCUT2D eigenvalue weighted by Crippen LogP contribution is 2.38. The first-order valence-electron chi connectivity index (χ1n) is 8.31. The molecule has 2 rings (SSSR count). The van der Waals surface area contributed by atoms with Gasteiger partial charge >= 0.3 is 6.61 Å². The van der Waals surface area contributed by atoms with Gasteiger partial charge in [-0.25, -0.2) is 0 Å². The maximum atomic E-state index is 12.6. The highest BCUT2D eigenvalue weighted by Gasteiger charge is 2.20. The van der Waals surface area contributed by atoms with Crippen LogP contribution in [0.2, 0.25) is 0 Å². The highest BCUT2D eigenvalue weighted by molar-refractivity contribution is 14.0. The van der Waals surface area contributed by atoms with Crippen molar-refractivity contribution in [3.63, 3.8) is 0 Å². The fourth-order valence-electron chi connectivity index (χ4n) is 2.43. The SMILES string of the molecule is CN=C(NCCCC(C)C)NCc1cc2c(cc1OC(F)F)OCO2.I. The molecule has 0 fully saturated rings. The summed E-state index contributed by atoms with van der Waals surface area (Å²) in [4.78, 5) is 4.13. The lowest BCUT2D eigenvalue weighted by Gasteiger charge is -2.15. The zero-order chi connectivity index (χ0) is 18.2. The van der Waals surface area contributed by atoms with Gasteiger partial charge in [0.05, 0.1) is 0 Å². The van der Waals surface area contributed by atoms with Crippen LogP contribution in [0.15, 0.2) is 17.1 Å². The molecular weight excluding hydrogens is 459 g/mol. The third-order valence-electron chi connectivity index (χ3n) is 3.69. The van der Waals surface area contributed by atoms with Crippen LogP contribution in [0, 0.1) is 5.92 Å². The normalized spacial score (nSPS) is 13.0. The molecule has 0 amide bonds. The van der Waals surface area contributed by atoms with Gasteiger partial charge in [0.1, 0.15) is 5.75 Å². The number of nitrogens with one attached hydrogen (secondary N) is 2. The Balaban J connectivity index is 0.00000338. The summed E-state index contributed by atoms with van der Waals surface area (Å²) in [6.07, 6.45) is 2.15. The molecule has 1 aliphatic rings. The minimum Gasteiger partial charge on any atom is -0.454 e. The molecule has 26 heavy (non-hydrogen) atoms. The Kier molecular flexibility index (Phi) is 9.74. The molecule has 0 unspecified atom stereocenters. The maximum Gasteiger partial charge on any atom is 0.387 e. The van der Waals surface area contributed by atoms with Crippen molar-refractivity contribution in [1.82, 2.24) is 10.6 Å². The average Bonchev–Trinajstić information content (AvgIpc) is 3.00. The van der Waals surface area contributed by atoms with Gasteiger partial charge in [0.2, 0.25) is 6.79 Å². The molecule has 0 radical (unpaired) electrons. The summed E-state index contributed by atoms with van der Waals surface area (Å²) in [5.74, 6) is 2.22. The van der Waals surface area contributed by atoms with Crippen LogP contribution in [0.5, 0.6) is 17.2 Å². The van der Waals surface area contributed by atoms with Gasteiger partial charge in [0.15, 0.2) is 17.5 Å². The number of guanidine groups is 1. The Morgan fingerprint density at radius 1 is 1.23 bits per heavy atom. The molecule has 0 saturated heterocycles. The quantitative estimate of drug-likeness (QED) is 0.254. The van der Waals surface area contributed by atoms with Crippen LogP contribution in [-0.4, -0.2) is 33.0 Å². The number of hydrogen-bond donors (Lipinski definition) is 2. The van der Waals surface area contributed by atoms with Crippen molar-refractivity contribution >= 4 is 29.9 Å². The van der Waals surface area contributed by atoms with E-state index in [0.717, 1.165) is 19.4 Å². The van der Waals surface area contributed by atoms with Crippen molar-refractivity contribution in [3.8, 4) is 17.2 Å². The van der Waals surface area contributed by atoms with Gasteiger partial charge in [-0.3, -0.25) is 4.99 Å². The Labute approximate surface area is 169 Å². The second-order valence-corrected chi connectivity index (χ2v) is 6.08. The van der Waals surface area contributed by atoms with Crippen LogP contribution < -0.4 is 24.8 Å². The molecule has 2 N–H and O–H groups in total. The summed E-state index contributed by atoms with van der Waals surface area (Å²) < 4.78 is 40.4. The summed E-state index contributed by atoms with van der Waals surface area (Å²) in [5.41, 5.74) is 0.537. The predicted molar refractivity (Wildman–Crippen MR) is 107 cm³/mol. The van der Waals surface area contributed by atoms with Crippen molar-refractivity contribution in [3.05, 3.63) is 17.7 Å². The standard InChI is InChI=1S/C17H25F2N3O3.HI/c1-11(2)5-4-6-21-17(20-3)22-9-12-7-14-15(24-10-23-14)8-13(12)25-16(18)19;/h7-8,11,16H,4-6,9-10H2,1-3H3,(H2,20,21,22);1H. The lowest BCUT2D eigenvalue weighted by Crippen LogP contribution is -2.37. The van der Waals surface area contributed by atoms with Gasteiger partial charge in [-0.1, -0.05) is 13.8 Å². The first-order chi connectivity index (χ1) is 12.0. The van der Waals surface area contributed by atoms with Crippen molar-refractivity contribution < 1.29 is 23.0 Å². The smallest absolute Gasteiger partial charge is 0.387 e. The number of ether oxygens (including phenoxy) is 3. The lowest BCUT2D eigenvalue weighted by atomic mass is 10.1. The molecule has 1 heterocycles. The molecule has 9 heteroatoms. The second-order valence-electron chi connectivity index (χ2n) is 6.08. The van der Waals surface area contributed by atoms with Crippen LogP contribution in [0.1, 0.15) is 32.3 Å². The van der Waals surface area contributed by atoms with E-state index < -0.39 is 6.61 Å². The van der Waals surface area contributed by atoms with E-state index in [9.17, 15) is 8.78 Å². The molecule has 1 aliphatic heterocycles. The summed E-state index contributed by atoms with van der Waals surface area (Å²) in [7, 11) is 1.66. The van der Waals surface area contributed by atoms with Crippen LogP contribution in [-0.2, 0) is 6.54 Å². The van der Waals surface area contributed by atoms with E-state index in [1.54, 1.807) is 13.1 Å². The monoisotopic (exact) mass is 485 g/mol. The Morgan fingerprint density at radius 2 is 1.92 bits per heavy atom. The number of benzene rings is 1. The van der Waals surface area contributed by atoms with E-state index in [1.165, 1.54) is 6.07 Å². The molecule has 1 aromatic rings. The van der Waals surface area contributed by atoms with E-state index in [4.69, 9.17) is 9.47 Å². The number of hydrogen-bond acceptors (Lipinski definition) is 4. The minimum atomic E-state index is -2.91. The molecule has 1 aromatic carbocycles. The Morgan fingerprint density at radius 3 is 2.54 bits per heavy atom. The minimum absolute atomic E-state index is 0. The number of fused-ring (bicyclic) bond motifs is 1. The van der Waals surface area contributed by atoms with E-state index in [2.05, 4.69) is 34.2 Å². The maximum absolute atomic E-state index is 12.6. The predicted octanol–water partition coefficient (Wildman–Crippen LogP) is 3.74. The van der Waals surface area contributed by atoms with E-state index in [-0.39, 0.29) is 43.1 Å². The molecule has 0 aliphatic carbocycles. The number of nitrogens with zero attached hydrogens (tertiary/aromatic N) is 1. The van der Waals surface area contributed by atoms with Gasteiger partial charge in [0.25, 0.3) is 0 Å². The molecule has 0 spiro atoms. The molecule has 0 aromatic heterocycles. The van der Waals surface area contributed by atoms with Crippen LogP contribution in [0.3, 0.4) is 0 Å². The third kappa shape index (κ3) is 7.00. The molecule has 148 valence electrons. The van der Waals surface area contributed by atoms with Crippen molar-refractivity contribution in [1.29, 1.82) is 0 Å². The van der Waals surface area contributed by atoms with Crippen LogP contribution >= 0.6 is 24.0 Å². The number of rotatable bonds is 8. The Bertz CT molecular complexity index is 601. The van der Waals surface area contributed by atoms with Crippen molar-refractivity contribution in [2.45, 2.75) is 39.8 Å². The first-order valence-corrected chi connectivity index (χ1v) is 8.31. The van der Waals surface area contributed by atoms with Gasteiger partial charge in [-0.05, 0) is 24.8 Å². The highest BCUT2D eigenvalue weighted by atomic mass is 127. The fraction of sp³-hybridized carbons (Fsp3) is 0.588. The fourth-order valence-corrected chi connectivity index (χ4v) is 2.43. The van der Waals surface area contributed by atoms with Crippen molar-refractivity contribution in [2.24, 2.45) is 10.9 Å². The average molecular weight is 485 g/mol. The summed E-state index contributed by atoms with van der Waals surface area (Å²) in [6, 6.07) is 3.06. The molecule has 0 bridgehead atoms. The number of aliphatic imine (C=N–C) groups is 1. The molecular formula is C17H26F2IN3O3. The van der Waals surface area contributed by atoms with Gasteiger partial charge in [-0.2, -0.15) is 8.78 Å². The first kappa shape index (κ1) is 22.5. The van der Waals surface area contributed by atoms with E-state index in [0.29, 0.717) is 28.9 Å². The molecule has 6 nitrogen and oxygen atoms in total. The Hall–Kier alpha value is -1.52. The van der Waals surface area contributed by atoms with Crippen LogP contribution in [0.25, 0.3) is 0 Å². The van der Waals surface area contributed by atoms with E-state index >= 15 is 0 Å². The van der Waals surface area contributed by atoms with E-state index in [1.807, 2.05) is 0 Å². The molecule has 0 saturated carbocycles. The van der Waals surface area contributed by atoms with Gasteiger partial charge < -0.3 is 24.8 Å². The molecule has 0 atom stereocenters. The third-order valence-corrected chi connectivity index (χ3v) is 3.69. The van der Waals surface area contributed by atoms with Crippen LogP contribution in [0.4, 0.5) is 8.78 Å². The largest absolute Gasteiger partial charge is 0.454 e. The second kappa shape index (κ2) is 11.2. The number of alkyl halides is 2. The lowest BCUT2D eigenvalue weighted by molar-refractivity contribution is -0.0505.